The van der Waals surface area contributed by atoms with Crippen LogP contribution < -0.4 is 9.62 Å². The summed E-state index contributed by atoms with van der Waals surface area (Å²) in [5.41, 5.74) is 1.60. The molecule has 0 heterocycles. The smallest absolute Gasteiger partial charge is 0.264 e. The van der Waals surface area contributed by atoms with Gasteiger partial charge in [-0.3, -0.25) is 9.10 Å². The highest BCUT2D eigenvalue weighted by atomic mass is 32.2. The SMILES string of the molecule is CCCCC(CC)CNC(=O)CN(c1ccc(CC)cc1)S(=O)(=O)c1ccccc1. The minimum Gasteiger partial charge on any atom is -0.354 e. The number of sulfonamides is 1. The molecule has 0 aliphatic carbocycles. The first-order chi connectivity index (χ1) is 14.4. The van der Waals surface area contributed by atoms with Gasteiger partial charge in [0.1, 0.15) is 6.54 Å². The van der Waals surface area contributed by atoms with Crippen molar-refractivity contribution in [2.45, 2.75) is 57.8 Å². The molecule has 30 heavy (non-hydrogen) atoms. The minimum absolute atomic E-state index is 0.173. The highest BCUT2D eigenvalue weighted by Gasteiger charge is 2.27. The van der Waals surface area contributed by atoms with Crippen molar-refractivity contribution in [2.75, 3.05) is 17.4 Å². The van der Waals surface area contributed by atoms with Gasteiger partial charge in [-0.15, -0.1) is 0 Å². The zero-order valence-electron chi connectivity index (χ0n) is 18.3. The average molecular weight is 431 g/mol. The zero-order valence-corrected chi connectivity index (χ0v) is 19.1. The summed E-state index contributed by atoms with van der Waals surface area (Å²) in [7, 11) is -3.85. The van der Waals surface area contributed by atoms with Crippen molar-refractivity contribution in [2.24, 2.45) is 5.92 Å². The molecule has 0 saturated heterocycles. The van der Waals surface area contributed by atoms with E-state index in [4.69, 9.17) is 0 Å². The van der Waals surface area contributed by atoms with Gasteiger partial charge in [-0.1, -0.05) is 70.4 Å². The van der Waals surface area contributed by atoms with Gasteiger partial charge in [-0.2, -0.15) is 0 Å². The van der Waals surface area contributed by atoms with Crippen LogP contribution in [0.15, 0.2) is 59.5 Å². The lowest BCUT2D eigenvalue weighted by Gasteiger charge is -2.25. The Balaban J connectivity index is 2.22. The number of hydrogen-bond donors (Lipinski definition) is 1. The number of amides is 1. The van der Waals surface area contributed by atoms with Crippen molar-refractivity contribution in [1.29, 1.82) is 0 Å². The van der Waals surface area contributed by atoms with Crippen molar-refractivity contribution in [1.82, 2.24) is 5.32 Å². The summed E-state index contributed by atoms with van der Waals surface area (Å²) < 4.78 is 27.8. The molecule has 1 N–H and O–H groups in total. The number of nitrogens with zero attached hydrogens (tertiary/aromatic N) is 1. The van der Waals surface area contributed by atoms with Crippen LogP contribution in [0.2, 0.25) is 0 Å². The first kappa shape index (κ1) is 23.9. The number of hydrogen-bond acceptors (Lipinski definition) is 3. The van der Waals surface area contributed by atoms with Crippen molar-refractivity contribution in [3.63, 3.8) is 0 Å². The van der Waals surface area contributed by atoms with Crippen LogP contribution in [0.5, 0.6) is 0 Å². The Hall–Kier alpha value is -2.34. The molecule has 0 bridgehead atoms. The first-order valence-corrected chi connectivity index (χ1v) is 12.3. The average Bonchev–Trinajstić information content (AvgIpc) is 2.78. The molecule has 0 spiro atoms. The van der Waals surface area contributed by atoms with Crippen molar-refractivity contribution in [3.05, 3.63) is 60.2 Å². The van der Waals surface area contributed by atoms with E-state index in [9.17, 15) is 13.2 Å². The fourth-order valence-electron chi connectivity index (χ4n) is 3.32. The van der Waals surface area contributed by atoms with Crippen molar-refractivity contribution < 1.29 is 13.2 Å². The summed E-state index contributed by atoms with van der Waals surface area (Å²) in [6.07, 6.45) is 5.18. The van der Waals surface area contributed by atoms with E-state index in [1.165, 1.54) is 4.31 Å². The summed E-state index contributed by atoms with van der Waals surface area (Å²) in [5.74, 6) is 0.126. The van der Waals surface area contributed by atoms with E-state index in [-0.39, 0.29) is 17.3 Å². The van der Waals surface area contributed by atoms with Gasteiger partial charge >= 0.3 is 0 Å². The molecule has 2 aromatic rings. The number of benzene rings is 2. The normalized spacial score (nSPS) is 12.4. The molecule has 164 valence electrons. The van der Waals surface area contributed by atoms with E-state index in [1.54, 1.807) is 42.5 Å². The molecule has 6 heteroatoms. The van der Waals surface area contributed by atoms with Crippen molar-refractivity contribution >= 4 is 21.6 Å². The molecule has 0 aliphatic heterocycles. The third-order valence-corrected chi connectivity index (χ3v) is 7.17. The van der Waals surface area contributed by atoms with Crippen LogP contribution in [0.3, 0.4) is 0 Å². The summed E-state index contributed by atoms with van der Waals surface area (Å²) >= 11 is 0. The van der Waals surface area contributed by atoms with Crippen LogP contribution in [-0.4, -0.2) is 27.4 Å². The van der Waals surface area contributed by atoms with Gasteiger partial charge in [0.05, 0.1) is 10.6 Å². The summed E-state index contributed by atoms with van der Waals surface area (Å²) in [4.78, 5) is 12.9. The van der Waals surface area contributed by atoms with Crippen LogP contribution in [0.1, 0.15) is 52.0 Å². The number of nitrogens with one attached hydrogen (secondary N) is 1. The third kappa shape index (κ3) is 6.59. The molecule has 0 fully saturated rings. The van der Waals surface area contributed by atoms with Gasteiger partial charge in [0.15, 0.2) is 0 Å². The molecule has 0 radical (unpaired) electrons. The molecule has 0 aliphatic rings. The predicted molar refractivity (Wildman–Crippen MR) is 123 cm³/mol. The zero-order chi connectivity index (χ0) is 22.0. The standard InChI is InChI=1S/C24H34N2O3S/c1-4-7-11-21(6-3)18-25-24(27)19-26(22-16-14-20(5-2)15-17-22)30(28,29)23-12-9-8-10-13-23/h8-10,12-17,21H,4-7,11,18-19H2,1-3H3,(H,25,27). The lowest BCUT2D eigenvalue weighted by molar-refractivity contribution is -0.119. The Kier molecular flexibility index (Phi) is 9.37. The largest absolute Gasteiger partial charge is 0.354 e. The van der Waals surface area contributed by atoms with E-state index in [0.29, 0.717) is 18.2 Å². The van der Waals surface area contributed by atoms with E-state index in [0.717, 1.165) is 37.7 Å². The highest BCUT2D eigenvalue weighted by Crippen LogP contribution is 2.24. The maximum atomic E-state index is 13.3. The first-order valence-electron chi connectivity index (χ1n) is 10.9. The molecule has 1 amide bonds. The van der Waals surface area contributed by atoms with Crippen LogP contribution in [0, 0.1) is 5.92 Å². The molecule has 1 atom stereocenters. The Morgan fingerprint density at radius 3 is 2.23 bits per heavy atom. The summed E-state index contributed by atoms with van der Waals surface area (Å²) in [5, 5.41) is 2.94. The Bertz CT molecular complexity index is 880. The van der Waals surface area contributed by atoms with Gasteiger partial charge in [0, 0.05) is 6.54 Å². The number of carbonyl (C=O) groups is 1. The Labute approximate surface area is 181 Å². The van der Waals surface area contributed by atoms with Crippen LogP contribution in [-0.2, 0) is 21.2 Å². The van der Waals surface area contributed by atoms with Crippen LogP contribution >= 0.6 is 0 Å². The second-order valence-corrected chi connectivity index (χ2v) is 9.43. The van der Waals surface area contributed by atoms with E-state index >= 15 is 0 Å². The second kappa shape index (κ2) is 11.7. The topological polar surface area (TPSA) is 66.5 Å². The molecule has 0 aromatic heterocycles. The van der Waals surface area contributed by atoms with Gasteiger partial charge in [-0.05, 0) is 48.6 Å². The highest BCUT2D eigenvalue weighted by molar-refractivity contribution is 7.92. The fourth-order valence-corrected chi connectivity index (χ4v) is 4.76. The number of carbonyl (C=O) groups excluding carboxylic acids is 1. The summed E-state index contributed by atoms with van der Waals surface area (Å²) in [6.45, 7) is 6.65. The number of unbranched alkanes of at least 4 members (excludes halogenated alkanes) is 1. The molecular formula is C24H34N2O3S. The monoisotopic (exact) mass is 430 g/mol. The molecule has 1 unspecified atom stereocenters. The molecular weight excluding hydrogens is 396 g/mol. The van der Waals surface area contributed by atoms with E-state index in [2.05, 4.69) is 19.2 Å². The van der Waals surface area contributed by atoms with Crippen molar-refractivity contribution in [3.8, 4) is 0 Å². The number of anilines is 1. The Morgan fingerprint density at radius 1 is 1.00 bits per heavy atom. The molecule has 2 rings (SSSR count). The van der Waals surface area contributed by atoms with Crippen LogP contribution in [0.25, 0.3) is 0 Å². The van der Waals surface area contributed by atoms with E-state index < -0.39 is 10.0 Å². The fraction of sp³-hybridized carbons (Fsp3) is 0.458. The second-order valence-electron chi connectivity index (χ2n) is 7.57. The predicted octanol–water partition coefficient (Wildman–Crippen LogP) is 4.78. The maximum absolute atomic E-state index is 13.3. The van der Waals surface area contributed by atoms with Gasteiger partial charge in [0.25, 0.3) is 10.0 Å². The quantitative estimate of drug-likeness (QED) is 0.527. The minimum atomic E-state index is -3.85. The molecule has 2 aromatic carbocycles. The molecule has 0 saturated carbocycles. The maximum Gasteiger partial charge on any atom is 0.264 e. The lowest BCUT2D eigenvalue weighted by atomic mass is 9.99. The van der Waals surface area contributed by atoms with Crippen LogP contribution in [0.4, 0.5) is 5.69 Å². The van der Waals surface area contributed by atoms with Gasteiger partial charge in [-0.25, -0.2) is 8.42 Å². The number of rotatable bonds is 12. The summed E-state index contributed by atoms with van der Waals surface area (Å²) in [6, 6.07) is 15.6. The lowest BCUT2D eigenvalue weighted by Crippen LogP contribution is -2.42. The molecule has 5 nitrogen and oxygen atoms in total. The van der Waals surface area contributed by atoms with Gasteiger partial charge < -0.3 is 5.32 Å². The number of aryl methyl sites for hydroxylation is 1. The third-order valence-electron chi connectivity index (χ3n) is 5.38. The van der Waals surface area contributed by atoms with Gasteiger partial charge in [0.2, 0.25) is 5.91 Å². The van der Waals surface area contributed by atoms with E-state index in [1.807, 2.05) is 19.1 Å². The Morgan fingerprint density at radius 2 is 1.67 bits per heavy atom.